The summed E-state index contributed by atoms with van der Waals surface area (Å²) < 4.78 is 10.7. The van der Waals surface area contributed by atoms with E-state index in [0.717, 1.165) is 6.42 Å². The minimum Gasteiger partial charge on any atom is -0.495 e. The molecule has 0 aliphatic carbocycles. The molecule has 2 aromatic rings. The number of nitrogens with one attached hydrogen (secondary N) is 1. The number of carbonyl (C=O) groups excluding carboxylic acids is 2. The molecule has 24 heavy (non-hydrogen) atoms. The molecule has 0 saturated carbocycles. The van der Waals surface area contributed by atoms with Gasteiger partial charge in [0.1, 0.15) is 11.5 Å². The first-order valence-corrected chi connectivity index (χ1v) is 7.74. The number of aryl methyl sites for hydroxylation is 1. The quantitative estimate of drug-likeness (QED) is 0.791. The maximum Gasteiger partial charge on any atom is 0.262 e. The van der Waals surface area contributed by atoms with Gasteiger partial charge in [-0.1, -0.05) is 19.1 Å². The second-order valence-electron chi connectivity index (χ2n) is 5.31. The summed E-state index contributed by atoms with van der Waals surface area (Å²) in [5, 5.41) is 2.71. The second kappa shape index (κ2) is 8.15. The van der Waals surface area contributed by atoms with Crippen LogP contribution in [-0.2, 0) is 11.2 Å². The Morgan fingerprint density at radius 1 is 1.08 bits per heavy atom. The number of benzene rings is 2. The number of amides is 1. The van der Waals surface area contributed by atoms with Crippen LogP contribution < -0.4 is 14.8 Å². The summed E-state index contributed by atoms with van der Waals surface area (Å²) in [6, 6.07) is 12.5. The van der Waals surface area contributed by atoms with Crippen LogP contribution in [0.3, 0.4) is 0 Å². The summed E-state index contributed by atoms with van der Waals surface area (Å²) in [4.78, 5) is 23.5. The lowest BCUT2D eigenvalue weighted by Gasteiger charge is -2.12. The Bertz CT molecular complexity index is 723. The largest absolute Gasteiger partial charge is 0.495 e. The fraction of sp³-hybridized carbons (Fsp3) is 0.263. The molecule has 0 saturated heterocycles. The van der Waals surface area contributed by atoms with Crippen molar-refractivity contribution < 1.29 is 19.1 Å². The van der Waals surface area contributed by atoms with Crippen molar-refractivity contribution >= 4 is 17.4 Å². The maximum absolute atomic E-state index is 12.1. The van der Waals surface area contributed by atoms with E-state index in [2.05, 4.69) is 12.2 Å². The molecule has 2 rings (SSSR count). The van der Waals surface area contributed by atoms with Crippen molar-refractivity contribution in [3.63, 3.8) is 0 Å². The number of ether oxygens (including phenoxy) is 2. The third-order valence-electron chi connectivity index (χ3n) is 3.58. The zero-order valence-corrected chi connectivity index (χ0v) is 14.1. The number of hydrogen-bond donors (Lipinski definition) is 1. The van der Waals surface area contributed by atoms with Gasteiger partial charge in [-0.3, -0.25) is 9.59 Å². The lowest BCUT2D eigenvalue weighted by Crippen LogP contribution is -2.20. The minimum absolute atomic E-state index is 0.0829. The molecule has 0 aliphatic heterocycles. The average molecular weight is 327 g/mol. The number of carbonyl (C=O) groups is 2. The van der Waals surface area contributed by atoms with E-state index in [1.165, 1.54) is 19.6 Å². The Morgan fingerprint density at radius 3 is 2.38 bits per heavy atom. The van der Waals surface area contributed by atoms with Crippen molar-refractivity contribution in [1.82, 2.24) is 0 Å². The van der Waals surface area contributed by atoms with Gasteiger partial charge in [0.15, 0.2) is 12.4 Å². The Morgan fingerprint density at radius 2 is 1.79 bits per heavy atom. The molecule has 1 amide bonds. The summed E-state index contributed by atoms with van der Waals surface area (Å²) in [6.45, 7) is 3.42. The van der Waals surface area contributed by atoms with Crippen LogP contribution in [0.5, 0.6) is 11.5 Å². The van der Waals surface area contributed by atoms with Gasteiger partial charge in [-0.15, -0.1) is 0 Å². The summed E-state index contributed by atoms with van der Waals surface area (Å²) in [5.41, 5.74) is 2.15. The fourth-order valence-electron chi connectivity index (χ4n) is 2.18. The van der Waals surface area contributed by atoms with Crippen LogP contribution in [0.2, 0.25) is 0 Å². The van der Waals surface area contributed by atoms with Crippen molar-refractivity contribution in [2.75, 3.05) is 19.0 Å². The van der Waals surface area contributed by atoms with Gasteiger partial charge in [-0.25, -0.2) is 0 Å². The molecule has 1 N–H and O–H groups in total. The minimum atomic E-state index is -0.325. The van der Waals surface area contributed by atoms with E-state index in [1.54, 1.807) is 18.2 Å². The normalized spacial score (nSPS) is 10.1. The number of methoxy groups -OCH3 is 1. The first-order valence-electron chi connectivity index (χ1n) is 7.74. The summed E-state index contributed by atoms with van der Waals surface area (Å²) in [5.74, 6) is 0.710. The molecule has 0 radical (unpaired) electrons. The molecule has 5 heteroatoms. The molecule has 0 aliphatic rings. The van der Waals surface area contributed by atoms with E-state index in [9.17, 15) is 9.59 Å². The molecule has 126 valence electrons. The van der Waals surface area contributed by atoms with Gasteiger partial charge in [0.05, 0.1) is 12.8 Å². The summed E-state index contributed by atoms with van der Waals surface area (Å²) in [7, 11) is 1.50. The van der Waals surface area contributed by atoms with Gasteiger partial charge in [0.25, 0.3) is 5.91 Å². The Hall–Kier alpha value is -2.82. The van der Waals surface area contributed by atoms with E-state index in [1.807, 2.05) is 24.3 Å². The number of Topliss-reactive ketones (excluding diaryl/α,β-unsaturated/α-hetero) is 1. The van der Waals surface area contributed by atoms with Crippen LogP contribution in [0, 0.1) is 0 Å². The van der Waals surface area contributed by atoms with Crippen molar-refractivity contribution in [3.8, 4) is 11.5 Å². The van der Waals surface area contributed by atoms with E-state index >= 15 is 0 Å². The predicted molar refractivity (Wildman–Crippen MR) is 92.9 cm³/mol. The topological polar surface area (TPSA) is 64.6 Å². The maximum atomic E-state index is 12.1. The zero-order valence-electron chi connectivity index (χ0n) is 14.1. The highest BCUT2D eigenvalue weighted by molar-refractivity contribution is 5.98. The smallest absolute Gasteiger partial charge is 0.262 e. The zero-order chi connectivity index (χ0) is 17.5. The number of anilines is 1. The second-order valence-corrected chi connectivity index (χ2v) is 5.31. The molecular formula is C19H21NO4. The fourth-order valence-corrected chi connectivity index (χ4v) is 2.18. The monoisotopic (exact) mass is 327 g/mol. The number of ketones is 1. The molecule has 0 spiro atoms. The van der Waals surface area contributed by atoms with Crippen molar-refractivity contribution in [2.24, 2.45) is 0 Å². The van der Waals surface area contributed by atoms with Crippen LogP contribution in [0.15, 0.2) is 42.5 Å². The highest BCUT2D eigenvalue weighted by atomic mass is 16.5. The average Bonchev–Trinajstić information content (AvgIpc) is 2.60. The van der Waals surface area contributed by atoms with Gasteiger partial charge in [0.2, 0.25) is 0 Å². The van der Waals surface area contributed by atoms with Gasteiger partial charge in [-0.05, 0) is 49.2 Å². The third-order valence-corrected chi connectivity index (χ3v) is 3.58. The molecule has 0 atom stereocenters. The Balaban J connectivity index is 2.00. The molecule has 5 nitrogen and oxygen atoms in total. The van der Waals surface area contributed by atoms with E-state index in [-0.39, 0.29) is 18.3 Å². The van der Waals surface area contributed by atoms with Crippen LogP contribution in [-0.4, -0.2) is 25.4 Å². The first kappa shape index (κ1) is 17.5. The first-order chi connectivity index (χ1) is 11.5. The molecule has 0 aromatic heterocycles. The van der Waals surface area contributed by atoms with Crippen LogP contribution in [0.4, 0.5) is 5.69 Å². The lowest BCUT2D eigenvalue weighted by molar-refractivity contribution is -0.118. The molecule has 0 unspecified atom stereocenters. The number of hydrogen-bond acceptors (Lipinski definition) is 4. The van der Waals surface area contributed by atoms with E-state index in [4.69, 9.17) is 9.47 Å². The SMILES string of the molecule is CCc1ccc(OCC(=O)Nc2cc(C(C)=O)ccc2OC)cc1. The molecular weight excluding hydrogens is 306 g/mol. The van der Waals surface area contributed by atoms with Gasteiger partial charge in [-0.2, -0.15) is 0 Å². The van der Waals surface area contributed by atoms with Crippen molar-refractivity contribution in [2.45, 2.75) is 20.3 Å². The van der Waals surface area contributed by atoms with Crippen molar-refractivity contribution in [3.05, 3.63) is 53.6 Å². The summed E-state index contributed by atoms with van der Waals surface area (Å²) in [6.07, 6.45) is 0.951. The number of rotatable bonds is 7. The highest BCUT2D eigenvalue weighted by Crippen LogP contribution is 2.25. The Kier molecular flexibility index (Phi) is 5.95. The van der Waals surface area contributed by atoms with Gasteiger partial charge in [0, 0.05) is 5.56 Å². The van der Waals surface area contributed by atoms with E-state index < -0.39 is 0 Å². The molecule has 0 heterocycles. The highest BCUT2D eigenvalue weighted by Gasteiger charge is 2.11. The van der Waals surface area contributed by atoms with E-state index in [0.29, 0.717) is 22.7 Å². The van der Waals surface area contributed by atoms with Gasteiger partial charge >= 0.3 is 0 Å². The standard InChI is InChI=1S/C19H21NO4/c1-4-14-5-8-16(9-6-14)24-12-19(22)20-17-11-15(13(2)21)7-10-18(17)23-3/h5-11H,4,12H2,1-3H3,(H,20,22). The Labute approximate surface area is 141 Å². The molecule has 0 fully saturated rings. The molecule has 0 bridgehead atoms. The van der Waals surface area contributed by atoms with Crippen LogP contribution >= 0.6 is 0 Å². The molecule has 2 aromatic carbocycles. The predicted octanol–water partition coefficient (Wildman–Crippen LogP) is 3.48. The van der Waals surface area contributed by atoms with Crippen LogP contribution in [0.1, 0.15) is 29.8 Å². The lowest BCUT2D eigenvalue weighted by atomic mass is 10.1. The summed E-state index contributed by atoms with van der Waals surface area (Å²) >= 11 is 0. The van der Waals surface area contributed by atoms with Gasteiger partial charge < -0.3 is 14.8 Å². The van der Waals surface area contributed by atoms with Crippen molar-refractivity contribution in [1.29, 1.82) is 0 Å². The van der Waals surface area contributed by atoms with Crippen LogP contribution in [0.25, 0.3) is 0 Å². The third kappa shape index (κ3) is 4.59.